The van der Waals surface area contributed by atoms with Gasteiger partial charge in [0, 0.05) is 0 Å². The van der Waals surface area contributed by atoms with E-state index >= 15 is 0 Å². The Balaban J connectivity index is 2.24. The first-order valence-corrected chi connectivity index (χ1v) is 3.96. The smallest absolute Gasteiger partial charge is 0.138 e. The van der Waals surface area contributed by atoms with Gasteiger partial charge in [-0.15, -0.1) is 0 Å². The summed E-state index contributed by atoms with van der Waals surface area (Å²) in [6, 6.07) is 0. The Bertz CT molecular complexity index is 362. The molecule has 2 aromatic rings. The maximum atomic E-state index is 4.05. The Morgan fingerprint density at radius 2 is 1.46 bits per heavy atom. The van der Waals surface area contributed by atoms with Gasteiger partial charge >= 0.3 is 0 Å². The van der Waals surface area contributed by atoms with Crippen molar-refractivity contribution in [2.75, 3.05) is 0 Å². The van der Waals surface area contributed by atoms with Crippen molar-refractivity contribution >= 4 is 0 Å². The van der Waals surface area contributed by atoms with Crippen molar-refractivity contribution in [1.82, 2.24) is 29.5 Å². The molecule has 0 aliphatic carbocycles. The lowest BCUT2D eigenvalue weighted by Gasteiger charge is -2.03. The van der Waals surface area contributed by atoms with Crippen LogP contribution in [0.2, 0.25) is 0 Å². The fourth-order valence-corrected chi connectivity index (χ4v) is 1.05. The molecule has 2 rings (SSSR count). The molecule has 0 saturated heterocycles. The molecule has 6 heteroatoms. The molecule has 68 valence electrons. The monoisotopic (exact) mass is 178 g/mol. The molecule has 2 aromatic heterocycles. The highest BCUT2D eigenvalue weighted by atomic mass is 15.5. The number of hydrogen-bond acceptors (Lipinski definition) is 4. The third kappa shape index (κ3) is 1.42. The molecule has 0 saturated carbocycles. The maximum absolute atomic E-state index is 4.05. The van der Waals surface area contributed by atoms with E-state index in [0.29, 0.717) is 6.67 Å². The fourth-order valence-electron chi connectivity index (χ4n) is 1.05. The summed E-state index contributed by atoms with van der Waals surface area (Å²) in [4.78, 5) is 8.03. The third-order valence-electron chi connectivity index (χ3n) is 1.89. The van der Waals surface area contributed by atoms with Crippen LogP contribution < -0.4 is 0 Å². The van der Waals surface area contributed by atoms with E-state index in [0.717, 1.165) is 11.6 Å². The van der Waals surface area contributed by atoms with Crippen LogP contribution in [0, 0.1) is 13.8 Å². The normalized spacial score (nSPS) is 10.6. The van der Waals surface area contributed by atoms with Crippen molar-refractivity contribution < 1.29 is 0 Å². The van der Waals surface area contributed by atoms with Crippen LogP contribution in [0.5, 0.6) is 0 Å². The first kappa shape index (κ1) is 7.90. The Hall–Kier alpha value is -1.72. The van der Waals surface area contributed by atoms with Crippen LogP contribution in [0.25, 0.3) is 0 Å². The van der Waals surface area contributed by atoms with E-state index in [1.165, 1.54) is 12.7 Å². The quantitative estimate of drug-likeness (QED) is 0.649. The lowest BCUT2D eigenvalue weighted by atomic mass is 10.7. The Morgan fingerprint density at radius 3 is 1.77 bits per heavy atom. The van der Waals surface area contributed by atoms with E-state index in [1.54, 1.807) is 9.36 Å². The predicted octanol–water partition coefficient (Wildman–Crippen LogP) is -0.00776. The fraction of sp³-hybridized carbons (Fsp3) is 0.429. The molecule has 0 unspecified atom stereocenters. The van der Waals surface area contributed by atoms with Gasteiger partial charge in [0.25, 0.3) is 0 Å². The van der Waals surface area contributed by atoms with Gasteiger partial charge in [0.05, 0.1) is 0 Å². The average Bonchev–Trinajstić information content (AvgIpc) is 2.65. The molecule has 2 heterocycles. The lowest BCUT2D eigenvalue weighted by molar-refractivity contribution is 0.480. The molecule has 0 amide bonds. The molecule has 0 aromatic carbocycles. The van der Waals surface area contributed by atoms with Gasteiger partial charge in [-0.05, 0) is 13.8 Å². The average molecular weight is 178 g/mol. The number of nitrogens with zero attached hydrogens (tertiary/aromatic N) is 6. The van der Waals surface area contributed by atoms with E-state index in [9.17, 15) is 0 Å². The van der Waals surface area contributed by atoms with Gasteiger partial charge in [-0.2, -0.15) is 10.2 Å². The molecule has 0 aliphatic rings. The standard InChI is InChI=1S/C7H10N6/c1-6-8-3-10-12(6)5-13-7(2)9-4-11-13/h3-4H,5H2,1-2H3. The van der Waals surface area contributed by atoms with E-state index < -0.39 is 0 Å². The summed E-state index contributed by atoms with van der Waals surface area (Å²) in [5, 5.41) is 8.10. The van der Waals surface area contributed by atoms with Crippen LogP contribution >= 0.6 is 0 Å². The van der Waals surface area contributed by atoms with Crippen molar-refractivity contribution in [3.05, 3.63) is 24.3 Å². The summed E-state index contributed by atoms with van der Waals surface area (Å²) in [6.45, 7) is 4.37. The zero-order valence-electron chi connectivity index (χ0n) is 7.55. The van der Waals surface area contributed by atoms with Crippen molar-refractivity contribution in [2.24, 2.45) is 0 Å². The summed E-state index contributed by atoms with van der Waals surface area (Å²) < 4.78 is 3.53. The van der Waals surface area contributed by atoms with Crippen molar-refractivity contribution in [1.29, 1.82) is 0 Å². The van der Waals surface area contributed by atoms with E-state index in [1.807, 2.05) is 13.8 Å². The van der Waals surface area contributed by atoms with E-state index in [4.69, 9.17) is 0 Å². The molecular weight excluding hydrogens is 168 g/mol. The second-order valence-corrected chi connectivity index (χ2v) is 2.75. The van der Waals surface area contributed by atoms with Crippen molar-refractivity contribution in [3.8, 4) is 0 Å². The van der Waals surface area contributed by atoms with Gasteiger partial charge in [-0.25, -0.2) is 19.3 Å². The van der Waals surface area contributed by atoms with Crippen LogP contribution in [0.15, 0.2) is 12.7 Å². The number of aromatic nitrogens is 6. The summed E-state index contributed by atoms with van der Waals surface area (Å²) in [7, 11) is 0. The maximum Gasteiger partial charge on any atom is 0.138 e. The number of hydrogen-bond donors (Lipinski definition) is 0. The minimum absolute atomic E-state index is 0.567. The molecule has 0 spiro atoms. The molecule has 0 fully saturated rings. The summed E-state index contributed by atoms with van der Waals surface area (Å²) in [6.07, 6.45) is 3.06. The SMILES string of the molecule is Cc1ncnn1Cn1ncnc1C. The van der Waals surface area contributed by atoms with Gasteiger partial charge in [-0.1, -0.05) is 0 Å². The van der Waals surface area contributed by atoms with E-state index in [2.05, 4.69) is 20.2 Å². The first-order chi connectivity index (χ1) is 6.27. The Kier molecular flexibility index (Phi) is 1.80. The third-order valence-corrected chi connectivity index (χ3v) is 1.89. The summed E-state index contributed by atoms with van der Waals surface area (Å²) in [5.41, 5.74) is 0. The highest BCUT2D eigenvalue weighted by Gasteiger charge is 2.01. The van der Waals surface area contributed by atoms with E-state index in [-0.39, 0.29) is 0 Å². The van der Waals surface area contributed by atoms with Crippen molar-refractivity contribution in [3.63, 3.8) is 0 Å². The van der Waals surface area contributed by atoms with Gasteiger partial charge in [0.15, 0.2) is 0 Å². The van der Waals surface area contributed by atoms with Gasteiger partial charge in [0.2, 0.25) is 0 Å². The van der Waals surface area contributed by atoms with Crippen LogP contribution in [-0.2, 0) is 6.67 Å². The number of aryl methyl sites for hydroxylation is 2. The second kappa shape index (κ2) is 2.96. The predicted molar refractivity (Wildman–Crippen MR) is 44.9 cm³/mol. The minimum atomic E-state index is 0.567. The van der Waals surface area contributed by atoms with Gasteiger partial charge in [-0.3, -0.25) is 0 Å². The molecule has 0 radical (unpaired) electrons. The Labute approximate surface area is 75.2 Å². The molecular formula is C7H10N6. The molecule has 13 heavy (non-hydrogen) atoms. The van der Waals surface area contributed by atoms with Crippen LogP contribution in [0.1, 0.15) is 11.6 Å². The summed E-state index contributed by atoms with van der Waals surface area (Å²) in [5.74, 6) is 1.74. The molecule has 0 bridgehead atoms. The topological polar surface area (TPSA) is 61.4 Å². The zero-order chi connectivity index (χ0) is 9.26. The zero-order valence-corrected chi connectivity index (χ0v) is 7.55. The largest absolute Gasteiger partial charge is 0.229 e. The van der Waals surface area contributed by atoms with Gasteiger partial charge < -0.3 is 0 Å². The van der Waals surface area contributed by atoms with Crippen molar-refractivity contribution in [2.45, 2.75) is 20.5 Å². The lowest BCUT2D eigenvalue weighted by Crippen LogP contribution is -2.13. The number of rotatable bonds is 2. The van der Waals surface area contributed by atoms with Crippen LogP contribution in [-0.4, -0.2) is 29.5 Å². The minimum Gasteiger partial charge on any atom is -0.229 e. The highest BCUT2D eigenvalue weighted by molar-refractivity contribution is 4.82. The van der Waals surface area contributed by atoms with Crippen LogP contribution in [0.3, 0.4) is 0 Å². The Morgan fingerprint density at radius 1 is 1.00 bits per heavy atom. The highest BCUT2D eigenvalue weighted by Crippen LogP contribution is 1.95. The summed E-state index contributed by atoms with van der Waals surface area (Å²) >= 11 is 0. The van der Waals surface area contributed by atoms with Crippen LogP contribution in [0.4, 0.5) is 0 Å². The molecule has 6 nitrogen and oxygen atoms in total. The molecule has 0 atom stereocenters. The second-order valence-electron chi connectivity index (χ2n) is 2.75. The first-order valence-electron chi connectivity index (χ1n) is 3.96. The molecule has 0 aliphatic heterocycles. The van der Waals surface area contributed by atoms with Gasteiger partial charge in [0.1, 0.15) is 31.0 Å². The molecule has 0 N–H and O–H groups in total.